The monoisotopic (exact) mass is 246 g/mol. The number of fused-ring (bicyclic) bond motifs is 1. The number of carbonyl (C=O) groups is 1. The largest absolute Gasteiger partial charge is 0.497 e. The molecule has 96 valence electrons. The topological polar surface area (TPSA) is 41.6 Å². The van der Waals surface area contributed by atoms with Crippen LogP contribution in [0, 0.1) is 5.92 Å². The van der Waals surface area contributed by atoms with Crippen molar-refractivity contribution in [2.24, 2.45) is 5.92 Å². The molecule has 2 heterocycles. The molecule has 0 aromatic heterocycles. The summed E-state index contributed by atoms with van der Waals surface area (Å²) >= 11 is 0. The average molecular weight is 246 g/mol. The molecule has 3 rings (SSSR count). The van der Waals surface area contributed by atoms with Gasteiger partial charge in [-0.25, -0.2) is 0 Å². The minimum Gasteiger partial charge on any atom is -0.497 e. The summed E-state index contributed by atoms with van der Waals surface area (Å²) < 4.78 is 5.18. The van der Waals surface area contributed by atoms with Crippen LogP contribution in [0.3, 0.4) is 0 Å². The number of amides is 1. The predicted molar refractivity (Wildman–Crippen MR) is 68.4 cm³/mol. The summed E-state index contributed by atoms with van der Waals surface area (Å²) in [6.07, 6.45) is 0.668. The van der Waals surface area contributed by atoms with Crippen molar-refractivity contribution >= 4 is 5.91 Å². The lowest BCUT2D eigenvalue weighted by Crippen LogP contribution is -2.34. The van der Waals surface area contributed by atoms with Crippen molar-refractivity contribution in [1.82, 2.24) is 10.2 Å². The number of nitrogens with one attached hydrogen (secondary N) is 1. The average Bonchev–Trinajstić information content (AvgIpc) is 2.84. The normalized spacial score (nSPS) is 31.2. The van der Waals surface area contributed by atoms with E-state index in [0.29, 0.717) is 12.3 Å². The van der Waals surface area contributed by atoms with Gasteiger partial charge >= 0.3 is 0 Å². The maximum absolute atomic E-state index is 11.5. The Bertz CT molecular complexity index is 457. The first-order chi connectivity index (χ1) is 8.69. The molecule has 3 atom stereocenters. The van der Waals surface area contributed by atoms with E-state index in [2.05, 4.69) is 29.4 Å². The molecule has 2 fully saturated rings. The number of likely N-dealkylation sites (N-methyl/N-ethyl adjacent to an activating group) is 1. The molecule has 2 aliphatic heterocycles. The van der Waals surface area contributed by atoms with Gasteiger partial charge in [-0.3, -0.25) is 9.69 Å². The van der Waals surface area contributed by atoms with Crippen LogP contribution in [0.15, 0.2) is 24.3 Å². The van der Waals surface area contributed by atoms with E-state index >= 15 is 0 Å². The van der Waals surface area contributed by atoms with Gasteiger partial charge in [0.1, 0.15) is 5.75 Å². The molecule has 4 heteroatoms. The van der Waals surface area contributed by atoms with Crippen LogP contribution >= 0.6 is 0 Å². The third-order valence-electron chi connectivity index (χ3n) is 4.08. The molecule has 2 aliphatic rings. The van der Waals surface area contributed by atoms with Crippen molar-refractivity contribution in [1.29, 1.82) is 0 Å². The van der Waals surface area contributed by atoms with Crippen LogP contribution in [-0.2, 0) is 4.79 Å². The summed E-state index contributed by atoms with van der Waals surface area (Å²) in [5.74, 6) is 1.51. The molecule has 1 aromatic carbocycles. The van der Waals surface area contributed by atoms with Crippen LogP contribution in [0.25, 0.3) is 0 Å². The van der Waals surface area contributed by atoms with Gasteiger partial charge in [0.05, 0.1) is 19.2 Å². The van der Waals surface area contributed by atoms with Gasteiger partial charge in [-0.05, 0) is 24.7 Å². The summed E-state index contributed by atoms with van der Waals surface area (Å²) in [6, 6.07) is 8.68. The van der Waals surface area contributed by atoms with Gasteiger partial charge in [0.15, 0.2) is 0 Å². The highest BCUT2D eigenvalue weighted by molar-refractivity contribution is 5.79. The van der Waals surface area contributed by atoms with Crippen molar-refractivity contribution in [3.8, 4) is 5.75 Å². The predicted octanol–water partition coefficient (Wildman–Crippen LogP) is 1.19. The fourth-order valence-corrected chi connectivity index (χ4v) is 3.26. The Morgan fingerprint density at radius 1 is 1.33 bits per heavy atom. The number of rotatable bonds is 2. The molecular weight excluding hydrogens is 228 g/mol. The van der Waals surface area contributed by atoms with Gasteiger partial charge in [0, 0.05) is 18.9 Å². The quantitative estimate of drug-likeness (QED) is 0.852. The fourth-order valence-electron chi connectivity index (χ4n) is 3.26. The molecule has 0 bridgehead atoms. The molecule has 0 radical (unpaired) electrons. The summed E-state index contributed by atoms with van der Waals surface area (Å²) in [6.45, 7) is 0.986. The highest BCUT2D eigenvalue weighted by Crippen LogP contribution is 2.39. The maximum atomic E-state index is 11.5. The van der Waals surface area contributed by atoms with Gasteiger partial charge in [0.25, 0.3) is 0 Å². The first-order valence-electron chi connectivity index (χ1n) is 6.32. The van der Waals surface area contributed by atoms with Gasteiger partial charge in [-0.1, -0.05) is 12.1 Å². The van der Waals surface area contributed by atoms with E-state index in [1.807, 2.05) is 12.1 Å². The number of ether oxygens (including phenoxy) is 1. The second-order valence-electron chi connectivity index (χ2n) is 5.22. The SMILES string of the molecule is COc1ccc([C@@H]2[C@H]3NC(=O)C[C@@H]3CN2C)cc1. The zero-order valence-corrected chi connectivity index (χ0v) is 10.7. The Kier molecular flexibility index (Phi) is 2.74. The standard InChI is InChI=1S/C14H18N2O2/c1-16-8-10-7-12(17)15-13(10)14(16)9-3-5-11(18-2)6-4-9/h3-6,10,13-14H,7-8H2,1-2H3,(H,15,17)/t10-,13+,14-/m1/s1. The summed E-state index contributed by atoms with van der Waals surface area (Å²) in [5, 5.41) is 3.11. The van der Waals surface area contributed by atoms with Gasteiger partial charge in [0.2, 0.25) is 5.91 Å². The van der Waals surface area contributed by atoms with E-state index < -0.39 is 0 Å². The lowest BCUT2D eigenvalue weighted by atomic mass is 9.95. The highest BCUT2D eigenvalue weighted by Gasteiger charge is 2.46. The minimum atomic E-state index is 0.191. The fraction of sp³-hybridized carbons (Fsp3) is 0.500. The molecule has 1 amide bonds. The Morgan fingerprint density at radius 3 is 2.72 bits per heavy atom. The number of benzene rings is 1. The molecule has 4 nitrogen and oxygen atoms in total. The number of methoxy groups -OCH3 is 1. The van der Waals surface area contributed by atoms with Gasteiger partial charge < -0.3 is 10.1 Å². The smallest absolute Gasteiger partial charge is 0.220 e. The molecule has 18 heavy (non-hydrogen) atoms. The summed E-state index contributed by atoms with van der Waals surface area (Å²) in [4.78, 5) is 13.8. The Hall–Kier alpha value is -1.55. The lowest BCUT2D eigenvalue weighted by molar-refractivity contribution is -0.119. The molecule has 2 saturated heterocycles. The van der Waals surface area contributed by atoms with E-state index in [1.54, 1.807) is 7.11 Å². The van der Waals surface area contributed by atoms with E-state index in [0.717, 1.165) is 12.3 Å². The Balaban J connectivity index is 1.87. The van der Waals surface area contributed by atoms with Gasteiger partial charge in [-0.2, -0.15) is 0 Å². The van der Waals surface area contributed by atoms with E-state index in [1.165, 1.54) is 5.56 Å². The molecule has 0 saturated carbocycles. The Morgan fingerprint density at radius 2 is 2.06 bits per heavy atom. The van der Waals surface area contributed by atoms with Crippen molar-refractivity contribution < 1.29 is 9.53 Å². The van der Waals surface area contributed by atoms with E-state index in [-0.39, 0.29) is 18.0 Å². The molecule has 0 spiro atoms. The van der Waals surface area contributed by atoms with Crippen molar-refractivity contribution in [3.05, 3.63) is 29.8 Å². The Labute approximate surface area is 107 Å². The van der Waals surface area contributed by atoms with Crippen LogP contribution in [0.5, 0.6) is 5.75 Å². The number of likely N-dealkylation sites (tertiary alicyclic amines) is 1. The lowest BCUT2D eigenvalue weighted by Gasteiger charge is -2.25. The number of hydrogen-bond donors (Lipinski definition) is 1. The first-order valence-corrected chi connectivity index (χ1v) is 6.32. The van der Waals surface area contributed by atoms with Crippen molar-refractivity contribution in [2.75, 3.05) is 20.7 Å². The maximum Gasteiger partial charge on any atom is 0.220 e. The minimum absolute atomic E-state index is 0.191. The zero-order valence-electron chi connectivity index (χ0n) is 10.7. The first kappa shape index (κ1) is 11.5. The molecule has 1 N–H and O–H groups in total. The third kappa shape index (κ3) is 1.77. The van der Waals surface area contributed by atoms with Crippen molar-refractivity contribution in [2.45, 2.75) is 18.5 Å². The molecule has 1 aromatic rings. The van der Waals surface area contributed by atoms with E-state index in [9.17, 15) is 4.79 Å². The zero-order chi connectivity index (χ0) is 12.7. The summed E-state index contributed by atoms with van der Waals surface area (Å²) in [5.41, 5.74) is 1.24. The molecule has 0 unspecified atom stereocenters. The number of nitrogens with zero attached hydrogens (tertiary/aromatic N) is 1. The highest BCUT2D eigenvalue weighted by atomic mass is 16.5. The number of hydrogen-bond acceptors (Lipinski definition) is 3. The summed E-state index contributed by atoms with van der Waals surface area (Å²) in [7, 11) is 3.79. The van der Waals surface area contributed by atoms with E-state index in [4.69, 9.17) is 4.74 Å². The second kappa shape index (κ2) is 4.28. The number of carbonyl (C=O) groups excluding carboxylic acids is 1. The third-order valence-corrected chi connectivity index (χ3v) is 4.08. The molecular formula is C14H18N2O2. The van der Waals surface area contributed by atoms with Crippen LogP contribution in [-0.4, -0.2) is 37.6 Å². The van der Waals surface area contributed by atoms with Crippen LogP contribution < -0.4 is 10.1 Å². The van der Waals surface area contributed by atoms with Crippen LogP contribution in [0.4, 0.5) is 0 Å². The van der Waals surface area contributed by atoms with Crippen LogP contribution in [0.2, 0.25) is 0 Å². The van der Waals surface area contributed by atoms with Crippen molar-refractivity contribution in [3.63, 3.8) is 0 Å². The molecule has 0 aliphatic carbocycles. The second-order valence-corrected chi connectivity index (χ2v) is 5.22. The van der Waals surface area contributed by atoms with Crippen LogP contribution in [0.1, 0.15) is 18.0 Å². The van der Waals surface area contributed by atoms with Gasteiger partial charge in [-0.15, -0.1) is 0 Å².